The van der Waals surface area contributed by atoms with Gasteiger partial charge in [0.15, 0.2) is 0 Å². The molecule has 2 N–H and O–H groups in total. The predicted molar refractivity (Wildman–Crippen MR) is 83.2 cm³/mol. The first-order chi connectivity index (χ1) is 9.62. The van der Waals surface area contributed by atoms with Crippen LogP contribution in [0.1, 0.15) is 40.5 Å². The third kappa shape index (κ3) is 4.76. The average Bonchev–Trinajstić information content (AvgIpc) is 2.46. The van der Waals surface area contributed by atoms with E-state index in [9.17, 15) is 4.79 Å². The van der Waals surface area contributed by atoms with Crippen LogP contribution in [0.15, 0.2) is 24.3 Å². The molecule has 0 bridgehead atoms. The van der Waals surface area contributed by atoms with Crippen LogP contribution < -0.4 is 15.4 Å². The molecular formula is C16H26N2O2. The summed E-state index contributed by atoms with van der Waals surface area (Å²) in [4.78, 5) is 12.1. The highest BCUT2D eigenvalue weighted by atomic mass is 16.5. The number of rotatable bonds is 8. The van der Waals surface area contributed by atoms with E-state index in [0.717, 1.165) is 24.3 Å². The van der Waals surface area contributed by atoms with Gasteiger partial charge in [-0.2, -0.15) is 0 Å². The van der Waals surface area contributed by atoms with Gasteiger partial charge in [-0.1, -0.05) is 26.0 Å². The summed E-state index contributed by atoms with van der Waals surface area (Å²) in [5.41, 5.74) is 0.849. The molecule has 0 heterocycles. The lowest BCUT2D eigenvalue weighted by molar-refractivity contribution is -0.122. The van der Waals surface area contributed by atoms with Crippen molar-refractivity contribution in [2.24, 2.45) is 0 Å². The molecule has 4 heteroatoms. The number of ether oxygens (including phenoxy) is 1. The Balaban J connectivity index is 2.65. The minimum atomic E-state index is -0.294. The van der Waals surface area contributed by atoms with E-state index in [1.54, 1.807) is 0 Å². The second kappa shape index (κ2) is 8.46. The molecule has 1 rings (SSSR count). The summed E-state index contributed by atoms with van der Waals surface area (Å²) in [6, 6.07) is 7.62. The van der Waals surface area contributed by atoms with Gasteiger partial charge in [-0.25, -0.2) is 0 Å². The Morgan fingerprint density at radius 3 is 2.45 bits per heavy atom. The molecular weight excluding hydrogens is 252 g/mol. The molecule has 0 saturated heterocycles. The van der Waals surface area contributed by atoms with Gasteiger partial charge in [-0.05, 0) is 38.8 Å². The average molecular weight is 278 g/mol. The Hall–Kier alpha value is -1.71. The maximum absolute atomic E-state index is 12.1. The molecule has 112 valence electrons. The minimum Gasteiger partial charge on any atom is -0.492 e. The lowest BCUT2D eigenvalue weighted by atomic mass is 10.1. The van der Waals surface area contributed by atoms with Crippen molar-refractivity contribution in [1.29, 1.82) is 0 Å². The zero-order valence-corrected chi connectivity index (χ0v) is 12.9. The fourth-order valence-corrected chi connectivity index (χ4v) is 1.99. The second-order valence-corrected chi connectivity index (χ2v) is 4.82. The zero-order chi connectivity index (χ0) is 15.0. The topological polar surface area (TPSA) is 50.4 Å². The molecule has 0 aromatic heterocycles. The van der Waals surface area contributed by atoms with Crippen LogP contribution in [0.3, 0.4) is 0 Å². The monoisotopic (exact) mass is 278 g/mol. The molecule has 1 aromatic carbocycles. The van der Waals surface area contributed by atoms with Crippen LogP contribution in [0.5, 0.6) is 5.75 Å². The van der Waals surface area contributed by atoms with Crippen LogP contribution in [-0.2, 0) is 4.79 Å². The fourth-order valence-electron chi connectivity index (χ4n) is 1.99. The summed E-state index contributed by atoms with van der Waals surface area (Å²) in [5, 5.41) is 6.26. The number of amides is 1. The highest BCUT2D eigenvalue weighted by molar-refractivity contribution is 5.84. The van der Waals surface area contributed by atoms with Gasteiger partial charge in [-0.3, -0.25) is 4.79 Å². The molecule has 0 saturated carbocycles. The quantitative estimate of drug-likeness (QED) is 0.768. The molecule has 0 fully saturated rings. The van der Waals surface area contributed by atoms with E-state index in [2.05, 4.69) is 24.5 Å². The Labute approximate surface area is 121 Å². The number of benzene rings is 1. The summed E-state index contributed by atoms with van der Waals surface area (Å²) in [7, 11) is 0. The number of hydrogen-bond donors (Lipinski definition) is 2. The number of para-hydroxylation sites is 2. The highest BCUT2D eigenvalue weighted by Gasteiger charge is 2.16. The van der Waals surface area contributed by atoms with E-state index in [1.807, 2.05) is 38.1 Å². The third-order valence-corrected chi connectivity index (χ3v) is 3.28. The van der Waals surface area contributed by atoms with Gasteiger partial charge in [0.2, 0.25) is 5.91 Å². The molecule has 20 heavy (non-hydrogen) atoms. The summed E-state index contributed by atoms with van der Waals surface area (Å²) >= 11 is 0. The largest absolute Gasteiger partial charge is 0.492 e. The maximum atomic E-state index is 12.1. The van der Waals surface area contributed by atoms with E-state index in [4.69, 9.17) is 4.74 Å². The first-order valence-electron chi connectivity index (χ1n) is 7.41. The van der Waals surface area contributed by atoms with Crippen LogP contribution in [0.2, 0.25) is 0 Å². The molecule has 0 aliphatic rings. The van der Waals surface area contributed by atoms with Crippen molar-refractivity contribution >= 4 is 11.6 Å². The first kappa shape index (κ1) is 16.3. The van der Waals surface area contributed by atoms with Gasteiger partial charge >= 0.3 is 0 Å². The molecule has 0 aliphatic heterocycles. The number of hydrogen-bond acceptors (Lipinski definition) is 3. The number of carbonyl (C=O) groups excluding carboxylic acids is 1. The lowest BCUT2D eigenvalue weighted by Crippen LogP contribution is -2.42. The summed E-state index contributed by atoms with van der Waals surface area (Å²) in [5.74, 6) is 0.794. The van der Waals surface area contributed by atoms with Crippen LogP contribution in [-0.4, -0.2) is 24.6 Å². The van der Waals surface area contributed by atoms with E-state index >= 15 is 0 Å². The van der Waals surface area contributed by atoms with Gasteiger partial charge in [0.1, 0.15) is 11.8 Å². The molecule has 1 unspecified atom stereocenters. The van der Waals surface area contributed by atoms with Crippen molar-refractivity contribution in [2.75, 3.05) is 11.9 Å². The van der Waals surface area contributed by atoms with Gasteiger partial charge in [0.05, 0.1) is 12.3 Å². The third-order valence-electron chi connectivity index (χ3n) is 3.28. The van der Waals surface area contributed by atoms with E-state index in [0.29, 0.717) is 6.61 Å². The van der Waals surface area contributed by atoms with Crippen LogP contribution in [0.4, 0.5) is 5.69 Å². The Morgan fingerprint density at radius 2 is 1.85 bits per heavy atom. The second-order valence-electron chi connectivity index (χ2n) is 4.82. The maximum Gasteiger partial charge on any atom is 0.242 e. The summed E-state index contributed by atoms with van der Waals surface area (Å²) in [6.07, 6.45) is 1.90. The summed E-state index contributed by atoms with van der Waals surface area (Å²) in [6.45, 7) is 8.57. The number of carbonyl (C=O) groups is 1. The summed E-state index contributed by atoms with van der Waals surface area (Å²) < 4.78 is 5.55. The number of anilines is 1. The molecule has 1 amide bonds. The van der Waals surface area contributed by atoms with Crippen LogP contribution >= 0.6 is 0 Å². The van der Waals surface area contributed by atoms with Crippen molar-refractivity contribution in [3.05, 3.63) is 24.3 Å². The van der Waals surface area contributed by atoms with E-state index in [-0.39, 0.29) is 18.0 Å². The van der Waals surface area contributed by atoms with Gasteiger partial charge < -0.3 is 15.4 Å². The molecule has 1 atom stereocenters. The Bertz CT molecular complexity index is 417. The zero-order valence-electron chi connectivity index (χ0n) is 12.9. The SMILES string of the molecule is CCOc1ccccc1NC(C)C(=O)NC(CC)CC. The van der Waals surface area contributed by atoms with Gasteiger partial charge in [-0.15, -0.1) is 0 Å². The van der Waals surface area contributed by atoms with Crippen LogP contribution in [0.25, 0.3) is 0 Å². The van der Waals surface area contributed by atoms with E-state index < -0.39 is 0 Å². The molecule has 0 aliphatic carbocycles. The van der Waals surface area contributed by atoms with Crippen molar-refractivity contribution in [3.8, 4) is 5.75 Å². The fraction of sp³-hybridized carbons (Fsp3) is 0.562. The van der Waals surface area contributed by atoms with Crippen molar-refractivity contribution < 1.29 is 9.53 Å². The molecule has 4 nitrogen and oxygen atoms in total. The normalized spacial score (nSPS) is 12.1. The van der Waals surface area contributed by atoms with Crippen LogP contribution in [0, 0.1) is 0 Å². The van der Waals surface area contributed by atoms with Gasteiger partial charge in [0, 0.05) is 6.04 Å². The van der Waals surface area contributed by atoms with E-state index in [1.165, 1.54) is 0 Å². The lowest BCUT2D eigenvalue weighted by Gasteiger charge is -2.21. The van der Waals surface area contributed by atoms with Crippen molar-refractivity contribution in [2.45, 2.75) is 52.6 Å². The van der Waals surface area contributed by atoms with Crippen molar-refractivity contribution in [1.82, 2.24) is 5.32 Å². The Kier molecular flexibility index (Phi) is 6.91. The van der Waals surface area contributed by atoms with Crippen molar-refractivity contribution in [3.63, 3.8) is 0 Å². The minimum absolute atomic E-state index is 0.0185. The Morgan fingerprint density at radius 1 is 1.20 bits per heavy atom. The molecule has 0 radical (unpaired) electrons. The standard InChI is InChI=1S/C16H26N2O2/c1-5-13(6-2)18-16(19)12(4)17-14-10-8-9-11-15(14)20-7-3/h8-13,17H,5-7H2,1-4H3,(H,18,19). The first-order valence-corrected chi connectivity index (χ1v) is 7.41. The predicted octanol–water partition coefficient (Wildman–Crippen LogP) is 3.19. The highest BCUT2D eigenvalue weighted by Crippen LogP contribution is 2.24. The molecule has 0 spiro atoms. The van der Waals surface area contributed by atoms with Gasteiger partial charge in [0.25, 0.3) is 0 Å². The molecule has 1 aromatic rings. The number of nitrogens with one attached hydrogen (secondary N) is 2. The smallest absolute Gasteiger partial charge is 0.242 e.